The normalized spacial score (nSPS) is 16.7. The molecule has 2 aromatic heterocycles. The van der Waals surface area contributed by atoms with Crippen molar-refractivity contribution in [1.29, 1.82) is 0 Å². The van der Waals surface area contributed by atoms with Crippen LogP contribution in [0.2, 0.25) is 0 Å². The highest BCUT2D eigenvalue weighted by molar-refractivity contribution is 5.98. The molecule has 1 saturated carbocycles. The maximum atomic E-state index is 15.2. The lowest BCUT2D eigenvalue weighted by molar-refractivity contribution is 0.0952. The third kappa shape index (κ3) is 4.55. The van der Waals surface area contributed by atoms with Gasteiger partial charge in [-0.15, -0.1) is 0 Å². The van der Waals surface area contributed by atoms with Crippen molar-refractivity contribution in [1.82, 2.24) is 19.8 Å². The van der Waals surface area contributed by atoms with Gasteiger partial charge in [-0.1, -0.05) is 13.0 Å². The van der Waals surface area contributed by atoms with Gasteiger partial charge in [0, 0.05) is 62.7 Å². The number of pyridine rings is 2. The zero-order valence-corrected chi connectivity index (χ0v) is 19.5. The fraction of sp³-hybridized carbons (Fsp3) is 0.423. The van der Waals surface area contributed by atoms with Crippen molar-refractivity contribution >= 4 is 22.5 Å². The Morgan fingerprint density at radius 2 is 2.00 bits per heavy atom. The summed E-state index contributed by atoms with van der Waals surface area (Å²) in [5, 5.41) is 3.10. The van der Waals surface area contributed by atoms with E-state index in [0.29, 0.717) is 24.2 Å². The summed E-state index contributed by atoms with van der Waals surface area (Å²) >= 11 is 0. The second-order valence-electron chi connectivity index (χ2n) is 9.12. The highest BCUT2D eigenvalue weighted by atomic mass is 19.1. The largest absolute Gasteiger partial charge is 0.367 e. The molecular weight excluding hydrogens is 433 g/mol. The summed E-state index contributed by atoms with van der Waals surface area (Å²) in [6.07, 6.45) is 7.72. The van der Waals surface area contributed by atoms with Crippen LogP contribution in [0.15, 0.2) is 47.7 Å². The fourth-order valence-electron chi connectivity index (χ4n) is 4.68. The number of nitrogens with zero attached hydrogens (tertiary/aromatic N) is 4. The van der Waals surface area contributed by atoms with Crippen LogP contribution in [0.4, 0.5) is 10.1 Å². The lowest BCUT2D eigenvalue weighted by Crippen LogP contribution is -2.46. The van der Waals surface area contributed by atoms with Crippen LogP contribution in [0.3, 0.4) is 0 Å². The monoisotopic (exact) mass is 463 g/mol. The van der Waals surface area contributed by atoms with E-state index in [1.807, 2.05) is 16.7 Å². The first-order valence-electron chi connectivity index (χ1n) is 12.1. The van der Waals surface area contributed by atoms with Gasteiger partial charge >= 0.3 is 0 Å². The number of amides is 1. The first-order chi connectivity index (χ1) is 16.5. The van der Waals surface area contributed by atoms with E-state index in [9.17, 15) is 9.59 Å². The van der Waals surface area contributed by atoms with E-state index in [0.717, 1.165) is 51.1 Å². The molecule has 0 unspecified atom stereocenters. The Morgan fingerprint density at radius 3 is 2.68 bits per heavy atom. The predicted molar refractivity (Wildman–Crippen MR) is 131 cm³/mol. The van der Waals surface area contributed by atoms with Crippen molar-refractivity contribution in [3.8, 4) is 0 Å². The first-order valence-corrected chi connectivity index (χ1v) is 12.1. The summed E-state index contributed by atoms with van der Waals surface area (Å²) < 4.78 is 17.2. The Labute approximate surface area is 198 Å². The number of fused-ring (bicyclic) bond motifs is 1. The van der Waals surface area contributed by atoms with Gasteiger partial charge in [-0.05, 0) is 49.6 Å². The number of rotatable bonds is 7. The van der Waals surface area contributed by atoms with Crippen LogP contribution < -0.4 is 15.6 Å². The molecule has 2 fully saturated rings. The van der Waals surface area contributed by atoms with Gasteiger partial charge in [-0.3, -0.25) is 14.6 Å². The molecule has 2 aliphatic rings. The molecule has 1 amide bonds. The van der Waals surface area contributed by atoms with Gasteiger partial charge in [0.25, 0.3) is 5.91 Å². The van der Waals surface area contributed by atoms with Crippen molar-refractivity contribution in [3.63, 3.8) is 0 Å². The SMILES string of the molecule is CCN1CCN(c2cc3c(cc2F)c(=O)c(C(=O)NCCc2cccnc2)cn3C2CC2)CC1. The summed E-state index contributed by atoms with van der Waals surface area (Å²) in [6, 6.07) is 7.15. The van der Waals surface area contributed by atoms with E-state index in [2.05, 4.69) is 27.0 Å². The molecule has 1 saturated heterocycles. The van der Waals surface area contributed by atoms with Gasteiger partial charge in [0.1, 0.15) is 11.4 Å². The van der Waals surface area contributed by atoms with Crippen molar-refractivity contribution < 1.29 is 9.18 Å². The highest BCUT2D eigenvalue weighted by Gasteiger charge is 2.28. The summed E-state index contributed by atoms with van der Waals surface area (Å²) in [5.41, 5.74) is 1.88. The highest BCUT2D eigenvalue weighted by Crippen LogP contribution is 2.38. The lowest BCUT2D eigenvalue weighted by atomic mass is 10.1. The average Bonchev–Trinajstić information content (AvgIpc) is 3.70. The molecule has 5 rings (SSSR count). The number of halogens is 1. The van der Waals surface area contributed by atoms with Crippen LogP contribution in [0.1, 0.15) is 41.7 Å². The minimum Gasteiger partial charge on any atom is -0.367 e. The number of likely N-dealkylation sites (N-methyl/N-ethyl adjacent to an activating group) is 1. The van der Waals surface area contributed by atoms with Crippen LogP contribution in [0.5, 0.6) is 0 Å². The zero-order valence-electron chi connectivity index (χ0n) is 19.5. The number of anilines is 1. The minimum atomic E-state index is -0.426. The van der Waals surface area contributed by atoms with Crippen molar-refractivity contribution in [3.05, 3.63) is 70.0 Å². The first kappa shape index (κ1) is 22.5. The quantitative estimate of drug-likeness (QED) is 0.583. The van der Waals surface area contributed by atoms with Crippen molar-refractivity contribution in [2.24, 2.45) is 0 Å². The molecule has 1 aromatic carbocycles. The summed E-state index contributed by atoms with van der Waals surface area (Å²) in [5.74, 6) is -0.837. The second kappa shape index (κ2) is 9.54. The van der Waals surface area contributed by atoms with E-state index in [1.165, 1.54) is 6.07 Å². The number of carbonyl (C=O) groups is 1. The van der Waals surface area contributed by atoms with E-state index < -0.39 is 17.2 Å². The molecule has 1 N–H and O–H groups in total. The van der Waals surface area contributed by atoms with E-state index >= 15 is 4.39 Å². The predicted octanol–water partition coefficient (Wildman–Crippen LogP) is 2.98. The van der Waals surface area contributed by atoms with E-state index in [1.54, 1.807) is 24.7 Å². The number of benzene rings is 1. The molecule has 178 valence electrons. The molecule has 0 spiro atoms. The number of hydrogen-bond donors (Lipinski definition) is 1. The van der Waals surface area contributed by atoms with Gasteiger partial charge in [0.05, 0.1) is 11.2 Å². The Bertz CT molecular complexity index is 1250. The molecule has 0 bridgehead atoms. The molecule has 7 nitrogen and oxygen atoms in total. The molecule has 1 aliphatic carbocycles. The van der Waals surface area contributed by atoms with Crippen LogP contribution in [0.25, 0.3) is 10.9 Å². The van der Waals surface area contributed by atoms with E-state index in [-0.39, 0.29) is 17.0 Å². The third-order valence-corrected chi connectivity index (χ3v) is 6.87. The maximum absolute atomic E-state index is 15.2. The van der Waals surface area contributed by atoms with Crippen molar-refractivity contribution in [2.75, 3.05) is 44.2 Å². The van der Waals surface area contributed by atoms with Gasteiger partial charge in [0.15, 0.2) is 0 Å². The summed E-state index contributed by atoms with van der Waals surface area (Å²) in [6.45, 7) is 6.80. The number of carbonyl (C=O) groups excluding carboxylic acids is 1. The van der Waals surface area contributed by atoms with Crippen LogP contribution in [0, 0.1) is 5.82 Å². The Morgan fingerprint density at radius 1 is 1.21 bits per heavy atom. The zero-order chi connectivity index (χ0) is 23.7. The summed E-state index contributed by atoms with van der Waals surface area (Å²) in [7, 11) is 0. The third-order valence-electron chi connectivity index (χ3n) is 6.87. The fourth-order valence-corrected chi connectivity index (χ4v) is 4.68. The molecular formula is C26H30FN5O2. The van der Waals surface area contributed by atoms with E-state index in [4.69, 9.17) is 0 Å². The Hall–Kier alpha value is -3.26. The lowest BCUT2D eigenvalue weighted by Gasteiger charge is -2.35. The molecule has 0 radical (unpaired) electrons. The number of hydrogen-bond acceptors (Lipinski definition) is 5. The minimum absolute atomic E-state index is 0.0642. The van der Waals surface area contributed by atoms with Gasteiger partial charge in [-0.25, -0.2) is 4.39 Å². The molecule has 3 heterocycles. The molecule has 3 aromatic rings. The summed E-state index contributed by atoms with van der Waals surface area (Å²) in [4.78, 5) is 34.6. The maximum Gasteiger partial charge on any atom is 0.256 e. The molecule has 8 heteroatoms. The molecule has 34 heavy (non-hydrogen) atoms. The van der Waals surface area contributed by atoms with Crippen LogP contribution in [-0.2, 0) is 6.42 Å². The Balaban J connectivity index is 1.44. The van der Waals surface area contributed by atoms with Crippen LogP contribution in [-0.4, -0.2) is 59.6 Å². The molecule has 0 atom stereocenters. The van der Waals surface area contributed by atoms with Gasteiger partial charge in [-0.2, -0.15) is 0 Å². The van der Waals surface area contributed by atoms with Crippen molar-refractivity contribution in [2.45, 2.75) is 32.2 Å². The van der Waals surface area contributed by atoms with Gasteiger partial charge < -0.3 is 19.7 Å². The standard InChI is InChI=1S/C26H30FN5O2/c1-2-30-10-12-31(13-11-30)24-15-23-20(14-22(24)27)25(33)21(17-32(23)19-5-6-19)26(34)29-9-7-18-4-3-8-28-16-18/h3-4,8,14-17,19H,2,5-7,9-13H2,1H3,(H,29,34). The Kier molecular flexibility index (Phi) is 6.32. The topological polar surface area (TPSA) is 70.5 Å². The van der Waals surface area contributed by atoms with Crippen LogP contribution >= 0.6 is 0 Å². The number of piperazine rings is 1. The second-order valence-corrected chi connectivity index (χ2v) is 9.12. The number of aromatic nitrogens is 2. The number of nitrogens with one attached hydrogen (secondary N) is 1. The smallest absolute Gasteiger partial charge is 0.256 e. The van der Waals surface area contributed by atoms with Gasteiger partial charge in [0.2, 0.25) is 5.43 Å². The molecule has 1 aliphatic heterocycles. The average molecular weight is 464 g/mol.